The number of hydrogen-bond acceptors (Lipinski definition) is 6. The Kier molecular flexibility index (Phi) is 7.08. The normalized spacial score (nSPS) is 14.7. The molecule has 1 heterocycles. The van der Waals surface area contributed by atoms with Crippen LogP contribution in [0.5, 0.6) is 17.2 Å². The molecule has 2 rings (SSSR count). The van der Waals surface area contributed by atoms with E-state index in [0.717, 1.165) is 19.6 Å². The molecule has 8 nitrogen and oxygen atoms in total. The van der Waals surface area contributed by atoms with Crippen molar-refractivity contribution in [2.75, 3.05) is 60.6 Å². The van der Waals surface area contributed by atoms with Crippen molar-refractivity contribution >= 4 is 11.8 Å². The predicted molar refractivity (Wildman–Crippen MR) is 97.1 cm³/mol. The van der Waals surface area contributed by atoms with Gasteiger partial charge in [-0.2, -0.15) is 0 Å². The van der Waals surface area contributed by atoms with E-state index in [1.54, 1.807) is 17.0 Å². The first-order valence-electron chi connectivity index (χ1n) is 8.62. The van der Waals surface area contributed by atoms with Gasteiger partial charge in [0, 0.05) is 31.7 Å². The van der Waals surface area contributed by atoms with Crippen LogP contribution in [-0.4, -0.2) is 82.2 Å². The third-order valence-electron chi connectivity index (χ3n) is 4.50. The van der Waals surface area contributed by atoms with Crippen LogP contribution in [0.2, 0.25) is 0 Å². The van der Waals surface area contributed by atoms with Gasteiger partial charge in [0.05, 0.1) is 27.9 Å². The molecule has 26 heavy (non-hydrogen) atoms. The molecule has 0 aliphatic carbocycles. The molecular weight excluding hydrogens is 338 g/mol. The summed E-state index contributed by atoms with van der Waals surface area (Å²) in [6.07, 6.45) is 0. The monoisotopic (exact) mass is 365 g/mol. The van der Waals surface area contributed by atoms with Gasteiger partial charge in [0.2, 0.25) is 11.7 Å². The number of likely N-dealkylation sites (N-methyl/N-ethyl adjacent to an activating group) is 1. The molecular formula is C18H27N3O5. The van der Waals surface area contributed by atoms with Crippen LogP contribution in [0.25, 0.3) is 0 Å². The second-order valence-corrected chi connectivity index (χ2v) is 5.91. The number of hydrogen-bond donors (Lipinski definition) is 1. The lowest BCUT2D eigenvalue weighted by Crippen LogP contribution is -2.51. The molecule has 144 valence electrons. The Morgan fingerprint density at radius 3 is 2.04 bits per heavy atom. The van der Waals surface area contributed by atoms with Gasteiger partial charge >= 0.3 is 0 Å². The summed E-state index contributed by atoms with van der Waals surface area (Å²) in [5.74, 6) is 0.737. The maximum absolute atomic E-state index is 12.4. The van der Waals surface area contributed by atoms with Gasteiger partial charge in [0.25, 0.3) is 5.91 Å². The van der Waals surface area contributed by atoms with E-state index in [1.165, 1.54) is 21.3 Å². The lowest BCUT2D eigenvalue weighted by molar-refractivity contribution is -0.131. The fourth-order valence-electron chi connectivity index (χ4n) is 2.90. The van der Waals surface area contributed by atoms with Crippen LogP contribution in [0.1, 0.15) is 17.3 Å². The maximum Gasteiger partial charge on any atom is 0.251 e. The fourth-order valence-corrected chi connectivity index (χ4v) is 2.90. The zero-order valence-electron chi connectivity index (χ0n) is 15.8. The van der Waals surface area contributed by atoms with Crippen LogP contribution in [0.3, 0.4) is 0 Å². The highest BCUT2D eigenvalue weighted by Crippen LogP contribution is 2.38. The second kappa shape index (κ2) is 9.28. The summed E-state index contributed by atoms with van der Waals surface area (Å²) >= 11 is 0. The van der Waals surface area contributed by atoms with Crippen molar-refractivity contribution in [2.24, 2.45) is 0 Å². The van der Waals surface area contributed by atoms with Crippen molar-refractivity contribution in [3.63, 3.8) is 0 Å². The number of nitrogens with zero attached hydrogens (tertiary/aromatic N) is 2. The van der Waals surface area contributed by atoms with E-state index in [0.29, 0.717) is 35.9 Å². The summed E-state index contributed by atoms with van der Waals surface area (Å²) < 4.78 is 15.7. The second-order valence-electron chi connectivity index (χ2n) is 5.91. The van der Waals surface area contributed by atoms with Crippen molar-refractivity contribution in [3.05, 3.63) is 17.7 Å². The Bertz CT molecular complexity index is 617. The molecule has 0 radical (unpaired) electrons. The Hall–Kier alpha value is -2.48. The van der Waals surface area contributed by atoms with Crippen molar-refractivity contribution in [2.45, 2.75) is 6.92 Å². The number of piperazine rings is 1. The van der Waals surface area contributed by atoms with E-state index in [-0.39, 0.29) is 18.4 Å². The van der Waals surface area contributed by atoms with Crippen molar-refractivity contribution in [3.8, 4) is 17.2 Å². The molecule has 1 aliphatic rings. The van der Waals surface area contributed by atoms with Gasteiger partial charge < -0.3 is 29.3 Å². The minimum atomic E-state index is -0.371. The number of carbonyl (C=O) groups is 2. The SMILES string of the molecule is CCN1CCN(C(=O)CNC(=O)c2cc(OC)c(OC)c(OC)c2)CC1. The van der Waals surface area contributed by atoms with Crippen molar-refractivity contribution in [1.29, 1.82) is 0 Å². The highest BCUT2D eigenvalue weighted by atomic mass is 16.5. The molecule has 1 N–H and O–H groups in total. The van der Waals surface area contributed by atoms with Gasteiger partial charge in [-0.1, -0.05) is 6.92 Å². The number of benzene rings is 1. The summed E-state index contributed by atoms with van der Waals surface area (Å²) in [4.78, 5) is 28.8. The number of carbonyl (C=O) groups excluding carboxylic acids is 2. The molecule has 0 unspecified atom stereocenters. The molecule has 0 saturated carbocycles. The third-order valence-corrected chi connectivity index (χ3v) is 4.50. The average molecular weight is 365 g/mol. The maximum atomic E-state index is 12.4. The van der Waals surface area contributed by atoms with E-state index < -0.39 is 0 Å². The van der Waals surface area contributed by atoms with Gasteiger partial charge in [-0.25, -0.2) is 0 Å². The zero-order chi connectivity index (χ0) is 19.1. The average Bonchev–Trinajstić information content (AvgIpc) is 2.70. The van der Waals surface area contributed by atoms with Crippen LogP contribution < -0.4 is 19.5 Å². The Balaban J connectivity index is 1.98. The molecule has 8 heteroatoms. The standard InChI is InChI=1S/C18H27N3O5/c1-5-20-6-8-21(9-7-20)16(22)12-19-18(23)13-10-14(24-2)17(26-4)15(11-13)25-3/h10-11H,5-9,12H2,1-4H3,(H,19,23). The first-order valence-corrected chi connectivity index (χ1v) is 8.62. The molecule has 1 aromatic carbocycles. The van der Waals surface area contributed by atoms with Gasteiger partial charge in [0.15, 0.2) is 11.5 Å². The molecule has 1 fully saturated rings. The molecule has 0 atom stereocenters. The van der Waals surface area contributed by atoms with Crippen LogP contribution >= 0.6 is 0 Å². The number of methoxy groups -OCH3 is 3. The summed E-state index contributed by atoms with van der Waals surface area (Å²) in [6, 6.07) is 3.11. The van der Waals surface area contributed by atoms with Gasteiger partial charge in [-0.05, 0) is 18.7 Å². The number of nitrogens with one attached hydrogen (secondary N) is 1. The highest BCUT2D eigenvalue weighted by Gasteiger charge is 2.21. The van der Waals surface area contributed by atoms with Crippen LogP contribution in [0.4, 0.5) is 0 Å². The highest BCUT2D eigenvalue weighted by molar-refractivity contribution is 5.97. The molecule has 1 saturated heterocycles. The Morgan fingerprint density at radius 1 is 1.00 bits per heavy atom. The van der Waals surface area contributed by atoms with Gasteiger partial charge in [-0.15, -0.1) is 0 Å². The Morgan fingerprint density at radius 2 is 1.58 bits per heavy atom. The number of rotatable bonds is 7. The Labute approximate surface area is 154 Å². The topological polar surface area (TPSA) is 80.3 Å². The van der Waals surface area contributed by atoms with E-state index >= 15 is 0 Å². The number of ether oxygens (including phenoxy) is 3. The quantitative estimate of drug-likeness (QED) is 0.763. The largest absolute Gasteiger partial charge is 0.493 e. The zero-order valence-corrected chi connectivity index (χ0v) is 15.8. The molecule has 0 spiro atoms. The third kappa shape index (κ3) is 4.57. The molecule has 1 aromatic rings. The van der Waals surface area contributed by atoms with E-state index in [4.69, 9.17) is 14.2 Å². The van der Waals surface area contributed by atoms with Crippen molar-refractivity contribution < 1.29 is 23.8 Å². The van der Waals surface area contributed by atoms with Gasteiger partial charge in [0.1, 0.15) is 0 Å². The van der Waals surface area contributed by atoms with E-state index in [9.17, 15) is 9.59 Å². The molecule has 0 bridgehead atoms. The minimum Gasteiger partial charge on any atom is -0.493 e. The molecule has 2 amide bonds. The summed E-state index contributed by atoms with van der Waals surface area (Å²) in [5, 5.41) is 2.67. The van der Waals surface area contributed by atoms with Crippen LogP contribution in [-0.2, 0) is 4.79 Å². The predicted octanol–water partition coefficient (Wildman–Crippen LogP) is 0.606. The summed E-state index contributed by atoms with van der Waals surface area (Å²) in [7, 11) is 4.47. The minimum absolute atomic E-state index is 0.0401. The lowest BCUT2D eigenvalue weighted by Gasteiger charge is -2.34. The van der Waals surface area contributed by atoms with Crippen LogP contribution in [0.15, 0.2) is 12.1 Å². The first-order chi connectivity index (χ1) is 12.5. The smallest absolute Gasteiger partial charge is 0.251 e. The van der Waals surface area contributed by atoms with E-state index in [2.05, 4.69) is 17.1 Å². The van der Waals surface area contributed by atoms with Crippen LogP contribution in [0, 0.1) is 0 Å². The fraction of sp³-hybridized carbons (Fsp3) is 0.556. The van der Waals surface area contributed by atoms with Gasteiger partial charge in [-0.3, -0.25) is 9.59 Å². The van der Waals surface area contributed by atoms with Crippen molar-refractivity contribution in [1.82, 2.24) is 15.1 Å². The first kappa shape index (κ1) is 19.8. The van der Waals surface area contributed by atoms with E-state index in [1.807, 2.05) is 0 Å². The summed E-state index contributed by atoms with van der Waals surface area (Å²) in [5.41, 5.74) is 0.336. The lowest BCUT2D eigenvalue weighted by atomic mass is 10.1. The molecule has 0 aromatic heterocycles. The summed E-state index contributed by atoms with van der Waals surface area (Å²) in [6.45, 7) is 6.15. The molecule has 1 aliphatic heterocycles. The number of amides is 2.